The second-order valence-electron chi connectivity index (χ2n) is 4.16. The van der Waals surface area contributed by atoms with E-state index in [2.05, 4.69) is 10.1 Å². The van der Waals surface area contributed by atoms with Crippen molar-refractivity contribution in [2.75, 3.05) is 0 Å². The number of pyridine rings is 1. The Kier molecular flexibility index (Phi) is 4.03. The van der Waals surface area contributed by atoms with Gasteiger partial charge >= 0.3 is 5.97 Å². The van der Waals surface area contributed by atoms with Crippen LogP contribution in [0, 0.1) is 6.92 Å². The van der Waals surface area contributed by atoms with E-state index in [1.807, 2.05) is 19.1 Å². The fourth-order valence-corrected chi connectivity index (χ4v) is 1.50. The highest BCUT2D eigenvalue weighted by atomic mass is 16.7. The van der Waals surface area contributed by atoms with E-state index >= 15 is 0 Å². The lowest BCUT2D eigenvalue weighted by atomic mass is 10.2. The SMILES string of the molecule is C/C(=N\OC(=O)c1ccc(C)cc1)c1ccncc1. The standard InChI is InChI=1S/C15H14N2O2/c1-11-3-5-14(6-4-11)15(18)19-17-12(2)13-7-9-16-10-8-13/h3-10H,1-2H3/b17-12+. The zero-order valence-electron chi connectivity index (χ0n) is 10.8. The Morgan fingerprint density at radius 3 is 2.32 bits per heavy atom. The van der Waals surface area contributed by atoms with Gasteiger partial charge < -0.3 is 4.84 Å². The molecule has 4 heteroatoms. The largest absolute Gasteiger partial charge is 0.365 e. The summed E-state index contributed by atoms with van der Waals surface area (Å²) in [5, 5.41) is 3.83. The summed E-state index contributed by atoms with van der Waals surface area (Å²) in [6.07, 6.45) is 3.33. The topological polar surface area (TPSA) is 51.5 Å². The molecule has 96 valence electrons. The first-order valence-corrected chi connectivity index (χ1v) is 5.90. The minimum absolute atomic E-state index is 0.464. The van der Waals surface area contributed by atoms with Crippen molar-refractivity contribution in [3.8, 4) is 0 Å². The summed E-state index contributed by atoms with van der Waals surface area (Å²) in [6, 6.07) is 10.8. The van der Waals surface area contributed by atoms with E-state index in [0.29, 0.717) is 11.3 Å². The maximum Gasteiger partial charge on any atom is 0.365 e. The molecule has 2 aromatic rings. The number of aryl methyl sites for hydroxylation is 1. The molecule has 1 aromatic heterocycles. The third-order valence-electron chi connectivity index (χ3n) is 2.65. The molecule has 4 nitrogen and oxygen atoms in total. The van der Waals surface area contributed by atoms with Gasteiger partial charge in [-0.25, -0.2) is 4.79 Å². The van der Waals surface area contributed by atoms with Crippen molar-refractivity contribution in [2.24, 2.45) is 5.16 Å². The average molecular weight is 254 g/mol. The van der Waals surface area contributed by atoms with E-state index in [-0.39, 0.29) is 0 Å². The molecule has 0 unspecified atom stereocenters. The Labute approximate surface area is 111 Å². The molecule has 0 aliphatic carbocycles. The van der Waals surface area contributed by atoms with Crippen LogP contribution in [0.15, 0.2) is 53.9 Å². The Morgan fingerprint density at radius 2 is 1.68 bits per heavy atom. The van der Waals surface area contributed by atoms with Gasteiger partial charge in [-0.15, -0.1) is 0 Å². The summed E-state index contributed by atoms with van der Waals surface area (Å²) < 4.78 is 0. The van der Waals surface area contributed by atoms with Crippen LogP contribution >= 0.6 is 0 Å². The molecule has 0 atom stereocenters. The highest BCUT2D eigenvalue weighted by molar-refractivity contribution is 5.99. The van der Waals surface area contributed by atoms with Crippen LogP contribution in [-0.4, -0.2) is 16.7 Å². The van der Waals surface area contributed by atoms with Crippen LogP contribution in [0.1, 0.15) is 28.4 Å². The zero-order valence-corrected chi connectivity index (χ0v) is 10.8. The summed E-state index contributed by atoms with van der Waals surface area (Å²) in [5.74, 6) is -0.464. The van der Waals surface area contributed by atoms with Crippen molar-refractivity contribution in [1.82, 2.24) is 4.98 Å². The maximum absolute atomic E-state index is 11.8. The van der Waals surface area contributed by atoms with Gasteiger partial charge in [-0.2, -0.15) is 0 Å². The van der Waals surface area contributed by atoms with Crippen LogP contribution in [0.5, 0.6) is 0 Å². The fourth-order valence-electron chi connectivity index (χ4n) is 1.50. The Hall–Kier alpha value is -2.49. The van der Waals surface area contributed by atoms with Crippen molar-refractivity contribution in [3.63, 3.8) is 0 Å². The van der Waals surface area contributed by atoms with E-state index in [9.17, 15) is 4.79 Å². The van der Waals surface area contributed by atoms with Gasteiger partial charge in [0.15, 0.2) is 0 Å². The van der Waals surface area contributed by atoms with Crippen LogP contribution in [0.3, 0.4) is 0 Å². The molecule has 0 fully saturated rings. The number of aromatic nitrogens is 1. The summed E-state index contributed by atoms with van der Waals surface area (Å²) in [4.78, 5) is 20.6. The van der Waals surface area contributed by atoms with Gasteiger partial charge in [0.1, 0.15) is 0 Å². The lowest BCUT2D eigenvalue weighted by molar-refractivity contribution is 0.0516. The molecule has 0 aliphatic heterocycles. The van der Waals surface area contributed by atoms with E-state index in [0.717, 1.165) is 11.1 Å². The zero-order chi connectivity index (χ0) is 13.7. The molecule has 19 heavy (non-hydrogen) atoms. The number of oxime groups is 1. The molecule has 0 radical (unpaired) electrons. The second kappa shape index (κ2) is 5.91. The number of hydrogen-bond acceptors (Lipinski definition) is 4. The van der Waals surface area contributed by atoms with Gasteiger partial charge in [0.25, 0.3) is 0 Å². The summed E-state index contributed by atoms with van der Waals surface area (Å²) in [7, 11) is 0. The van der Waals surface area contributed by atoms with Gasteiger partial charge in [-0.1, -0.05) is 22.9 Å². The number of rotatable bonds is 3. The van der Waals surface area contributed by atoms with E-state index in [4.69, 9.17) is 4.84 Å². The summed E-state index contributed by atoms with van der Waals surface area (Å²) in [5.41, 5.74) is 3.07. The van der Waals surface area contributed by atoms with Crippen molar-refractivity contribution >= 4 is 11.7 Å². The highest BCUT2D eigenvalue weighted by Gasteiger charge is 2.07. The number of nitrogens with zero attached hydrogens (tertiary/aromatic N) is 2. The lowest BCUT2D eigenvalue weighted by Gasteiger charge is -2.01. The van der Waals surface area contributed by atoms with Crippen molar-refractivity contribution in [3.05, 3.63) is 65.5 Å². The lowest BCUT2D eigenvalue weighted by Crippen LogP contribution is -2.04. The maximum atomic E-state index is 11.8. The third kappa shape index (κ3) is 3.48. The van der Waals surface area contributed by atoms with Gasteiger partial charge in [0.05, 0.1) is 11.3 Å². The normalized spacial score (nSPS) is 11.2. The molecular weight excluding hydrogens is 240 g/mol. The minimum Gasteiger partial charge on any atom is -0.313 e. The molecule has 0 saturated carbocycles. The predicted octanol–water partition coefficient (Wildman–Crippen LogP) is 2.97. The summed E-state index contributed by atoms with van der Waals surface area (Å²) >= 11 is 0. The van der Waals surface area contributed by atoms with Crippen LogP contribution in [-0.2, 0) is 4.84 Å². The molecule has 1 heterocycles. The van der Waals surface area contributed by atoms with Crippen molar-refractivity contribution in [1.29, 1.82) is 0 Å². The van der Waals surface area contributed by atoms with E-state index in [1.54, 1.807) is 43.6 Å². The molecule has 0 saturated heterocycles. The number of benzene rings is 1. The smallest absolute Gasteiger partial charge is 0.313 e. The average Bonchev–Trinajstić information content (AvgIpc) is 2.46. The van der Waals surface area contributed by atoms with Crippen LogP contribution in [0.25, 0.3) is 0 Å². The van der Waals surface area contributed by atoms with E-state index < -0.39 is 5.97 Å². The fraction of sp³-hybridized carbons (Fsp3) is 0.133. The van der Waals surface area contributed by atoms with Crippen molar-refractivity contribution < 1.29 is 9.63 Å². The highest BCUT2D eigenvalue weighted by Crippen LogP contribution is 2.06. The Balaban J connectivity index is 2.06. The van der Waals surface area contributed by atoms with Gasteiger partial charge in [-0.05, 0) is 38.1 Å². The van der Waals surface area contributed by atoms with Crippen LogP contribution in [0.2, 0.25) is 0 Å². The number of hydrogen-bond donors (Lipinski definition) is 0. The number of carbonyl (C=O) groups is 1. The van der Waals surface area contributed by atoms with Crippen LogP contribution < -0.4 is 0 Å². The molecule has 0 aliphatic rings. The first kappa shape index (κ1) is 13.0. The molecule has 2 rings (SSSR count). The monoisotopic (exact) mass is 254 g/mol. The second-order valence-corrected chi connectivity index (χ2v) is 4.16. The molecule has 0 bridgehead atoms. The molecule has 0 N–H and O–H groups in total. The predicted molar refractivity (Wildman–Crippen MR) is 73.0 cm³/mol. The minimum atomic E-state index is -0.464. The quantitative estimate of drug-likeness (QED) is 0.480. The Bertz CT molecular complexity index is 589. The number of carbonyl (C=O) groups excluding carboxylic acids is 1. The van der Waals surface area contributed by atoms with Gasteiger partial charge in [-0.3, -0.25) is 4.98 Å². The molecule has 1 aromatic carbocycles. The van der Waals surface area contributed by atoms with Gasteiger partial charge in [0, 0.05) is 18.0 Å². The van der Waals surface area contributed by atoms with Gasteiger partial charge in [0.2, 0.25) is 0 Å². The molecular formula is C15H14N2O2. The summed E-state index contributed by atoms with van der Waals surface area (Å²) in [6.45, 7) is 3.73. The Morgan fingerprint density at radius 1 is 1.05 bits per heavy atom. The van der Waals surface area contributed by atoms with Crippen molar-refractivity contribution in [2.45, 2.75) is 13.8 Å². The first-order valence-electron chi connectivity index (χ1n) is 5.90. The first-order chi connectivity index (χ1) is 9.16. The van der Waals surface area contributed by atoms with Crippen LogP contribution in [0.4, 0.5) is 0 Å². The third-order valence-corrected chi connectivity index (χ3v) is 2.65. The molecule has 0 amide bonds. The van der Waals surface area contributed by atoms with E-state index in [1.165, 1.54) is 0 Å². The molecule has 0 spiro atoms.